The summed E-state index contributed by atoms with van der Waals surface area (Å²) in [6, 6.07) is 0.436. The topological polar surface area (TPSA) is 63.0 Å². The summed E-state index contributed by atoms with van der Waals surface area (Å²) in [5, 5.41) is 8.30. The van der Waals surface area contributed by atoms with Crippen molar-refractivity contribution in [2.75, 3.05) is 0 Å². The van der Waals surface area contributed by atoms with Crippen LogP contribution in [0.15, 0.2) is 16.7 Å². The Balaban J connectivity index is 2.91. The van der Waals surface area contributed by atoms with E-state index in [4.69, 9.17) is 11.0 Å². The number of rotatable bonds is 1. The Morgan fingerprint density at radius 2 is 2.15 bits per heavy atom. The van der Waals surface area contributed by atoms with E-state index < -0.39 is 18.0 Å². The summed E-state index contributed by atoms with van der Waals surface area (Å²) in [4.78, 5) is 0. The quantitative estimate of drug-likeness (QED) is 0.733. The maximum Gasteiger partial charge on any atom is 0.410 e. The third-order valence-corrected chi connectivity index (χ3v) is 1.41. The van der Waals surface area contributed by atoms with Gasteiger partial charge in [0.05, 0.1) is 5.56 Å². The second kappa shape index (κ2) is 3.11. The van der Waals surface area contributed by atoms with Crippen LogP contribution in [-0.2, 0) is 0 Å². The second-order valence-corrected chi connectivity index (χ2v) is 2.37. The van der Waals surface area contributed by atoms with Crippen molar-refractivity contribution in [3.05, 3.63) is 23.7 Å². The summed E-state index contributed by atoms with van der Waals surface area (Å²) in [6.07, 6.45) is -3.62. The van der Waals surface area contributed by atoms with Gasteiger partial charge in [-0.25, -0.2) is 0 Å². The van der Waals surface area contributed by atoms with Crippen LogP contribution < -0.4 is 5.73 Å². The average molecular weight is 190 g/mol. The van der Waals surface area contributed by atoms with E-state index in [1.807, 2.05) is 0 Å². The lowest BCUT2D eigenvalue weighted by Crippen LogP contribution is -2.27. The van der Waals surface area contributed by atoms with Crippen LogP contribution in [0.3, 0.4) is 0 Å². The molecule has 1 unspecified atom stereocenters. The maximum atomic E-state index is 12.0. The van der Waals surface area contributed by atoms with Gasteiger partial charge >= 0.3 is 6.18 Å². The molecule has 2 N–H and O–H groups in total. The molecule has 3 nitrogen and oxygen atoms in total. The third-order valence-electron chi connectivity index (χ3n) is 1.41. The molecule has 0 radical (unpaired) electrons. The molecular weight excluding hydrogens is 185 g/mol. The molecular formula is C7H5F3N2O. The van der Waals surface area contributed by atoms with Gasteiger partial charge in [-0.15, -0.1) is 0 Å². The minimum atomic E-state index is -4.55. The first-order chi connectivity index (χ1) is 5.95. The molecule has 0 fully saturated rings. The number of hydrogen-bond acceptors (Lipinski definition) is 3. The summed E-state index contributed by atoms with van der Waals surface area (Å²) < 4.78 is 40.4. The van der Waals surface area contributed by atoms with Crippen LogP contribution in [0, 0.1) is 11.3 Å². The van der Waals surface area contributed by atoms with Gasteiger partial charge in [-0.05, 0) is 6.07 Å². The van der Waals surface area contributed by atoms with Crippen molar-refractivity contribution in [1.29, 1.82) is 5.26 Å². The Hall–Kier alpha value is -1.48. The normalized spacial score (nSPS) is 13.8. The minimum absolute atomic E-state index is 0.0229. The van der Waals surface area contributed by atoms with Gasteiger partial charge in [-0.3, -0.25) is 0 Å². The van der Waals surface area contributed by atoms with Gasteiger partial charge in [-0.2, -0.15) is 18.4 Å². The molecule has 0 aliphatic rings. The first-order valence-corrected chi connectivity index (χ1v) is 3.26. The molecule has 13 heavy (non-hydrogen) atoms. The molecule has 70 valence electrons. The standard InChI is InChI=1S/C7H5F3N2O/c8-7(9,10)6(12)5-1-4(2-11)3-13-5/h1,3,6H,12H2. The first kappa shape index (κ1) is 9.61. The number of hydrogen-bond donors (Lipinski definition) is 1. The number of nitriles is 1. The van der Waals surface area contributed by atoms with Gasteiger partial charge in [0.1, 0.15) is 18.1 Å². The number of furan rings is 1. The molecule has 1 rings (SSSR count). The van der Waals surface area contributed by atoms with Crippen LogP contribution in [0.5, 0.6) is 0 Å². The Bertz CT molecular complexity index is 336. The van der Waals surface area contributed by atoms with E-state index in [1.165, 1.54) is 0 Å². The van der Waals surface area contributed by atoms with E-state index in [0.717, 1.165) is 12.3 Å². The van der Waals surface area contributed by atoms with Gasteiger partial charge < -0.3 is 10.2 Å². The Kier molecular flexibility index (Phi) is 2.30. The Morgan fingerprint density at radius 1 is 1.54 bits per heavy atom. The number of nitrogens with two attached hydrogens (primary N) is 1. The first-order valence-electron chi connectivity index (χ1n) is 3.26. The lowest BCUT2D eigenvalue weighted by molar-refractivity contribution is -0.152. The SMILES string of the molecule is N#Cc1coc(C(N)C(F)(F)F)c1. The molecule has 1 aromatic heterocycles. The van der Waals surface area contributed by atoms with Crippen LogP contribution in [0.2, 0.25) is 0 Å². The van der Waals surface area contributed by atoms with E-state index >= 15 is 0 Å². The van der Waals surface area contributed by atoms with Crippen LogP contribution in [0.1, 0.15) is 17.4 Å². The minimum Gasteiger partial charge on any atom is -0.466 e. The highest BCUT2D eigenvalue weighted by Crippen LogP contribution is 2.31. The van der Waals surface area contributed by atoms with Crippen LogP contribution in [0.4, 0.5) is 13.2 Å². The molecule has 0 saturated heterocycles. The summed E-state index contributed by atoms with van der Waals surface area (Å²) >= 11 is 0. The van der Waals surface area contributed by atoms with E-state index in [9.17, 15) is 13.2 Å². The highest BCUT2D eigenvalue weighted by Gasteiger charge is 2.39. The van der Waals surface area contributed by atoms with E-state index in [2.05, 4.69) is 4.42 Å². The highest BCUT2D eigenvalue weighted by molar-refractivity contribution is 5.27. The fourth-order valence-electron chi connectivity index (χ4n) is 0.736. The summed E-state index contributed by atoms with van der Waals surface area (Å²) in [7, 11) is 0. The zero-order chi connectivity index (χ0) is 10.1. The number of alkyl halides is 3. The second-order valence-electron chi connectivity index (χ2n) is 2.37. The highest BCUT2D eigenvalue weighted by atomic mass is 19.4. The van der Waals surface area contributed by atoms with Crippen molar-refractivity contribution < 1.29 is 17.6 Å². The number of nitrogens with zero attached hydrogens (tertiary/aromatic N) is 1. The Labute approximate surface area is 71.5 Å². The molecule has 6 heteroatoms. The van der Waals surface area contributed by atoms with E-state index in [1.54, 1.807) is 6.07 Å². The zero-order valence-corrected chi connectivity index (χ0v) is 6.30. The summed E-state index contributed by atoms with van der Waals surface area (Å²) in [6.45, 7) is 0. The predicted molar refractivity (Wildman–Crippen MR) is 36.4 cm³/mol. The maximum absolute atomic E-state index is 12.0. The summed E-state index contributed by atoms with van der Waals surface area (Å²) in [5.74, 6) is -0.455. The zero-order valence-electron chi connectivity index (χ0n) is 6.30. The van der Waals surface area contributed by atoms with Gasteiger partial charge in [0.25, 0.3) is 0 Å². The molecule has 0 saturated carbocycles. The lowest BCUT2D eigenvalue weighted by Gasteiger charge is -2.11. The molecule has 0 aliphatic carbocycles. The average Bonchev–Trinajstić information content (AvgIpc) is 2.48. The summed E-state index contributed by atoms with van der Waals surface area (Å²) in [5.41, 5.74) is 4.83. The van der Waals surface area contributed by atoms with Crippen LogP contribution in [-0.4, -0.2) is 6.18 Å². The largest absolute Gasteiger partial charge is 0.466 e. The van der Waals surface area contributed by atoms with Gasteiger partial charge in [0.15, 0.2) is 6.04 Å². The smallest absolute Gasteiger partial charge is 0.410 e. The molecule has 1 heterocycles. The molecule has 1 aromatic rings. The lowest BCUT2D eigenvalue weighted by atomic mass is 10.2. The molecule has 1 atom stereocenters. The van der Waals surface area contributed by atoms with Gasteiger partial charge in [-0.1, -0.05) is 0 Å². The van der Waals surface area contributed by atoms with Crippen LogP contribution in [0.25, 0.3) is 0 Å². The molecule has 0 bridgehead atoms. The van der Waals surface area contributed by atoms with Crippen LogP contribution >= 0.6 is 0 Å². The van der Waals surface area contributed by atoms with Crippen molar-refractivity contribution >= 4 is 0 Å². The fourth-order valence-corrected chi connectivity index (χ4v) is 0.736. The van der Waals surface area contributed by atoms with Crippen molar-refractivity contribution in [3.8, 4) is 6.07 Å². The molecule has 0 spiro atoms. The molecule has 0 aliphatic heterocycles. The van der Waals surface area contributed by atoms with Crippen molar-refractivity contribution in [3.63, 3.8) is 0 Å². The van der Waals surface area contributed by atoms with E-state index in [0.29, 0.717) is 0 Å². The predicted octanol–water partition coefficient (Wildman–Crippen LogP) is 1.71. The van der Waals surface area contributed by atoms with Gasteiger partial charge in [0.2, 0.25) is 0 Å². The molecule has 0 amide bonds. The fraction of sp³-hybridized carbons (Fsp3) is 0.286. The number of halogens is 3. The van der Waals surface area contributed by atoms with Crippen molar-refractivity contribution in [1.82, 2.24) is 0 Å². The third kappa shape index (κ3) is 2.00. The van der Waals surface area contributed by atoms with Crippen molar-refractivity contribution in [2.45, 2.75) is 12.2 Å². The monoisotopic (exact) mass is 190 g/mol. The van der Waals surface area contributed by atoms with E-state index in [-0.39, 0.29) is 5.56 Å². The van der Waals surface area contributed by atoms with Gasteiger partial charge in [0, 0.05) is 0 Å². The van der Waals surface area contributed by atoms with Crippen molar-refractivity contribution in [2.24, 2.45) is 5.73 Å². The molecule has 0 aromatic carbocycles. The Morgan fingerprint density at radius 3 is 2.54 bits per heavy atom.